The highest BCUT2D eigenvalue weighted by Gasteiger charge is 2.36. The number of rotatable bonds is 10. The van der Waals surface area contributed by atoms with Crippen molar-refractivity contribution in [2.24, 2.45) is 5.73 Å². The molecule has 5 nitrogen and oxygen atoms in total. The van der Waals surface area contributed by atoms with Crippen molar-refractivity contribution in [3.63, 3.8) is 0 Å². The SMILES string of the molecule is CCCCOC(=O)[C@@H](N)CCS(=N)(=O)CCc1cccc(F)c1C(F)(F)F. The van der Waals surface area contributed by atoms with Gasteiger partial charge in [-0.05, 0) is 30.9 Å². The third-order valence-electron chi connectivity index (χ3n) is 3.89. The van der Waals surface area contributed by atoms with Gasteiger partial charge in [0.15, 0.2) is 0 Å². The lowest BCUT2D eigenvalue weighted by Crippen LogP contribution is -2.34. The zero-order valence-corrected chi connectivity index (χ0v) is 15.8. The van der Waals surface area contributed by atoms with E-state index in [1.165, 1.54) is 0 Å². The average Bonchev–Trinajstić information content (AvgIpc) is 2.57. The number of halogens is 4. The Labute approximate surface area is 156 Å². The zero-order valence-electron chi connectivity index (χ0n) is 15.0. The molecule has 0 aliphatic heterocycles. The van der Waals surface area contributed by atoms with Crippen LogP contribution in [0.2, 0.25) is 0 Å². The molecular weight excluding hydrogens is 388 g/mol. The van der Waals surface area contributed by atoms with Gasteiger partial charge in [-0.3, -0.25) is 9.57 Å². The average molecular weight is 412 g/mol. The standard InChI is InChI=1S/C17H24F4N2O3S/c1-2-3-9-26-16(24)14(22)8-11-27(23,25)10-7-12-5-4-6-13(18)15(12)17(19,20)21/h4-6,14,23H,2-3,7-11,22H2,1H3/t14-,27?/m0/s1. The summed E-state index contributed by atoms with van der Waals surface area (Å²) >= 11 is 0. The quantitative estimate of drug-likeness (QED) is 0.349. The number of ether oxygens (including phenoxy) is 1. The molecule has 0 spiro atoms. The molecule has 1 aromatic carbocycles. The van der Waals surface area contributed by atoms with Crippen LogP contribution in [0.25, 0.3) is 0 Å². The number of aryl methyl sites for hydroxylation is 1. The molecule has 154 valence electrons. The smallest absolute Gasteiger partial charge is 0.419 e. The van der Waals surface area contributed by atoms with Gasteiger partial charge in [-0.1, -0.05) is 25.5 Å². The van der Waals surface area contributed by atoms with Crippen molar-refractivity contribution >= 4 is 15.7 Å². The highest BCUT2D eigenvalue weighted by molar-refractivity contribution is 7.92. The molecule has 1 aromatic rings. The third-order valence-corrected chi connectivity index (χ3v) is 5.65. The molecule has 0 saturated carbocycles. The van der Waals surface area contributed by atoms with Gasteiger partial charge in [-0.25, -0.2) is 8.60 Å². The van der Waals surface area contributed by atoms with E-state index in [-0.39, 0.29) is 30.8 Å². The number of nitrogens with two attached hydrogens (primary N) is 1. The molecule has 0 amide bonds. The van der Waals surface area contributed by atoms with Gasteiger partial charge < -0.3 is 10.5 Å². The summed E-state index contributed by atoms with van der Waals surface area (Å²) in [6.45, 7) is 2.14. The van der Waals surface area contributed by atoms with Crippen LogP contribution in [-0.2, 0) is 31.9 Å². The highest BCUT2D eigenvalue weighted by Crippen LogP contribution is 2.34. The van der Waals surface area contributed by atoms with Gasteiger partial charge in [0.2, 0.25) is 0 Å². The van der Waals surface area contributed by atoms with Crippen LogP contribution in [0, 0.1) is 10.6 Å². The molecule has 3 N–H and O–H groups in total. The van der Waals surface area contributed by atoms with E-state index in [1.807, 2.05) is 6.92 Å². The van der Waals surface area contributed by atoms with Crippen LogP contribution in [-0.4, -0.2) is 34.3 Å². The van der Waals surface area contributed by atoms with E-state index >= 15 is 0 Å². The van der Waals surface area contributed by atoms with Gasteiger partial charge in [0.05, 0.1) is 12.2 Å². The van der Waals surface area contributed by atoms with E-state index < -0.39 is 45.0 Å². The van der Waals surface area contributed by atoms with Crippen LogP contribution < -0.4 is 5.73 Å². The highest BCUT2D eigenvalue weighted by atomic mass is 32.2. The predicted molar refractivity (Wildman–Crippen MR) is 94.2 cm³/mol. The molecule has 0 aliphatic carbocycles. The fourth-order valence-corrected chi connectivity index (χ4v) is 3.72. The second-order valence-electron chi connectivity index (χ2n) is 6.16. The Morgan fingerprint density at radius 2 is 2.00 bits per heavy atom. The first-order valence-corrected chi connectivity index (χ1v) is 10.4. The number of hydrogen-bond acceptors (Lipinski definition) is 5. The van der Waals surface area contributed by atoms with E-state index in [4.69, 9.17) is 15.3 Å². The number of benzene rings is 1. The summed E-state index contributed by atoms with van der Waals surface area (Å²) in [5, 5.41) is 0. The second kappa shape index (κ2) is 10.0. The number of carbonyl (C=O) groups excluding carboxylic acids is 1. The number of alkyl halides is 3. The van der Waals surface area contributed by atoms with E-state index in [0.29, 0.717) is 12.5 Å². The molecule has 27 heavy (non-hydrogen) atoms. The molecular formula is C17H24F4N2O3S. The topological polar surface area (TPSA) is 93.2 Å². The fourth-order valence-electron chi connectivity index (χ4n) is 2.33. The maximum atomic E-state index is 13.5. The summed E-state index contributed by atoms with van der Waals surface area (Å²) in [5.41, 5.74) is 3.87. The van der Waals surface area contributed by atoms with E-state index in [9.17, 15) is 26.6 Å². The second-order valence-corrected chi connectivity index (χ2v) is 8.60. The first kappa shape index (κ1) is 23.4. The molecule has 0 radical (unpaired) electrons. The molecule has 0 aromatic heterocycles. The molecule has 1 unspecified atom stereocenters. The van der Waals surface area contributed by atoms with Crippen molar-refractivity contribution in [2.45, 2.75) is 44.8 Å². The van der Waals surface area contributed by atoms with Crippen LogP contribution in [0.4, 0.5) is 17.6 Å². The van der Waals surface area contributed by atoms with Gasteiger partial charge in [-0.2, -0.15) is 13.2 Å². The van der Waals surface area contributed by atoms with Crippen LogP contribution in [0.15, 0.2) is 18.2 Å². The zero-order chi connectivity index (χ0) is 20.7. The Bertz CT molecular complexity index is 736. The van der Waals surface area contributed by atoms with Gasteiger partial charge in [-0.15, -0.1) is 0 Å². The molecule has 0 saturated heterocycles. The van der Waals surface area contributed by atoms with Crippen molar-refractivity contribution < 1.29 is 31.3 Å². The number of nitrogens with one attached hydrogen (secondary N) is 1. The lowest BCUT2D eigenvalue weighted by molar-refractivity contribution is -0.145. The van der Waals surface area contributed by atoms with E-state index in [2.05, 4.69) is 0 Å². The van der Waals surface area contributed by atoms with Gasteiger partial charge in [0.1, 0.15) is 11.9 Å². The van der Waals surface area contributed by atoms with Crippen LogP contribution in [0.3, 0.4) is 0 Å². The maximum absolute atomic E-state index is 13.5. The lowest BCUT2D eigenvalue weighted by Gasteiger charge is -2.15. The minimum atomic E-state index is -4.88. The van der Waals surface area contributed by atoms with Crippen LogP contribution in [0.5, 0.6) is 0 Å². The summed E-state index contributed by atoms with van der Waals surface area (Å²) < 4.78 is 77.4. The van der Waals surface area contributed by atoms with Crippen LogP contribution in [0.1, 0.15) is 37.3 Å². The maximum Gasteiger partial charge on any atom is 0.419 e. The van der Waals surface area contributed by atoms with Crippen molar-refractivity contribution in [2.75, 3.05) is 18.1 Å². The fraction of sp³-hybridized carbons (Fsp3) is 0.588. The van der Waals surface area contributed by atoms with E-state index in [0.717, 1.165) is 18.6 Å². The Hall–Kier alpha value is -1.68. The first-order chi connectivity index (χ1) is 12.5. The van der Waals surface area contributed by atoms with Crippen molar-refractivity contribution in [3.05, 3.63) is 35.1 Å². The molecule has 2 atom stereocenters. The molecule has 1 rings (SSSR count). The minimum Gasteiger partial charge on any atom is -0.465 e. The molecule has 0 heterocycles. The van der Waals surface area contributed by atoms with Crippen molar-refractivity contribution in [1.29, 1.82) is 4.78 Å². The first-order valence-electron chi connectivity index (χ1n) is 8.49. The summed E-state index contributed by atoms with van der Waals surface area (Å²) in [7, 11) is -3.29. The summed E-state index contributed by atoms with van der Waals surface area (Å²) in [6, 6.07) is 1.88. The van der Waals surface area contributed by atoms with Gasteiger partial charge >= 0.3 is 12.1 Å². The number of carbonyl (C=O) groups is 1. The Balaban J connectivity index is 2.65. The van der Waals surface area contributed by atoms with Crippen molar-refractivity contribution in [1.82, 2.24) is 0 Å². The minimum absolute atomic E-state index is 0.0808. The Morgan fingerprint density at radius 3 is 2.59 bits per heavy atom. The summed E-state index contributed by atoms with van der Waals surface area (Å²) in [4.78, 5) is 11.6. The summed E-state index contributed by atoms with van der Waals surface area (Å²) in [6.07, 6.45) is -3.81. The summed E-state index contributed by atoms with van der Waals surface area (Å²) in [5.74, 6) is -2.72. The molecule has 0 fully saturated rings. The molecule has 0 aliphatic rings. The molecule has 10 heteroatoms. The normalized spacial score (nSPS) is 15.2. The Morgan fingerprint density at radius 1 is 1.33 bits per heavy atom. The monoisotopic (exact) mass is 412 g/mol. The number of esters is 1. The largest absolute Gasteiger partial charge is 0.465 e. The number of unbranched alkanes of at least 4 members (excludes halogenated alkanes) is 1. The van der Waals surface area contributed by atoms with Crippen LogP contribution >= 0.6 is 0 Å². The Kier molecular flexibility index (Phi) is 8.67. The number of hydrogen-bond donors (Lipinski definition) is 2. The van der Waals surface area contributed by atoms with Gasteiger partial charge in [0, 0.05) is 21.2 Å². The lowest BCUT2D eigenvalue weighted by atomic mass is 10.0. The van der Waals surface area contributed by atoms with E-state index in [1.54, 1.807) is 0 Å². The predicted octanol–water partition coefficient (Wildman–Crippen LogP) is 3.49. The van der Waals surface area contributed by atoms with Crippen molar-refractivity contribution in [3.8, 4) is 0 Å². The third kappa shape index (κ3) is 7.84. The van der Waals surface area contributed by atoms with Gasteiger partial charge in [0.25, 0.3) is 0 Å². The molecule has 0 bridgehead atoms.